The van der Waals surface area contributed by atoms with Crippen molar-refractivity contribution in [3.63, 3.8) is 0 Å². The van der Waals surface area contributed by atoms with Crippen molar-refractivity contribution in [2.24, 2.45) is 0 Å². The van der Waals surface area contributed by atoms with Crippen LogP contribution in [0.25, 0.3) is 0 Å². The summed E-state index contributed by atoms with van der Waals surface area (Å²) in [7, 11) is 0. The summed E-state index contributed by atoms with van der Waals surface area (Å²) in [6.07, 6.45) is 0. The summed E-state index contributed by atoms with van der Waals surface area (Å²) in [6, 6.07) is 4.68. The average molecular weight is 136 g/mol. The zero-order chi connectivity index (χ0) is 7.56. The van der Waals surface area contributed by atoms with Crippen LogP contribution in [0.15, 0.2) is 18.2 Å². The van der Waals surface area contributed by atoms with Gasteiger partial charge in [-0.05, 0) is 12.1 Å². The van der Waals surface area contributed by atoms with Gasteiger partial charge in [0.2, 0.25) is 0 Å². The molecule has 0 aliphatic heterocycles. The third kappa shape index (κ3) is 1.06. The molecule has 1 radical (unpaired) electrons. The molecule has 1 aromatic rings. The lowest BCUT2D eigenvalue weighted by Gasteiger charge is -1.89. The molecule has 0 spiro atoms. The lowest BCUT2D eigenvalue weighted by Crippen LogP contribution is -1.76. The Morgan fingerprint density at radius 3 is 2.70 bits per heavy atom. The van der Waals surface area contributed by atoms with Crippen LogP contribution in [0, 0.1) is 17.1 Å². The number of nitriles is 1. The summed E-state index contributed by atoms with van der Waals surface area (Å²) < 4.78 is 12.2. The van der Waals surface area contributed by atoms with E-state index in [0.29, 0.717) is 0 Å². The van der Waals surface area contributed by atoms with E-state index in [1.807, 2.05) is 0 Å². The maximum absolute atomic E-state index is 12.2. The second-order valence-corrected chi connectivity index (χ2v) is 1.75. The van der Waals surface area contributed by atoms with E-state index in [-0.39, 0.29) is 5.56 Å². The zero-order valence-corrected chi connectivity index (χ0v) is 4.97. The van der Waals surface area contributed by atoms with Gasteiger partial charge in [-0.25, -0.2) is 4.39 Å². The summed E-state index contributed by atoms with van der Waals surface area (Å²) in [4.78, 5) is 0. The number of hydrogen-bond donors (Lipinski definition) is 0. The molecule has 0 unspecified atom stereocenters. The molecule has 0 saturated carbocycles. The monoisotopic (exact) mass is 136 g/mol. The molecule has 0 fully saturated rings. The first kappa shape index (κ1) is 6.56. The van der Waals surface area contributed by atoms with Crippen LogP contribution in [0.1, 0.15) is 5.56 Å². The van der Waals surface area contributed by atoms with Gasteiger partial charge in [-0.15, -0.1) is 0 Å². The Labute approximate surface area is 57.1 Å². The molecule has 0 saturated heterocycles. The van der Waals surface area contributed by atoms with E-state index in [9.17, 15) is 9.50 Å². The molecule has 3 heteroatoms. The fourth-order valence-corrected chi connectivity index (χ4v) is 0.589. The fraction of sp³-hybridized carbons (Fsp3) is 0. The highest BCUT2D eigenvalue weighted by molar-refractivity contribution is 5.41. The second kappa shape index (κ2) is 2.36. The lowest BCUT2D eigenvalue weighted by molar-refractivity contribution is 0.351. The molecule has 2 nitrogen and oxygen atoms in total. The van der Waals surface area contributed by atoms with Gasteiger partial charge in [0.05, 0.1) is 5.56 Å². The Balaban J connectivity index is 3.23. The van der Waals surface area contributed by atoms with Gasteiger partial charge in [0.1, 0.15) is 11.9 Å². The summed E-state index contributed by atoms with van der Waals surface area (Å²) in [5.41, 5.74) is -0.0265. The SMILES string of the molecule is N#Cc1ccc(F)cc1[O]. The van der Waals surface area contributed by atoms with Crippen molar-refractivity contribution in [2.75, 3.05) is 0 Å². The molecule has 10 heavy (non-hydrogen) atoms. The van der Waals surface area contributed by atoms with Crippen molar-refractivity contribution in [1.82, 2.24) is 0 Å². The minimum absolute atomic E-state index is 0.0265. The van der Waals surface area contributed by atoms with Crippen LogP contribution in [0.2, 0.25) is 0 Å². The topological polar surface area (TPSA) is 43.7 Å². The standard InChI is InChI=1S/C7H3FNO/c8-6-2-1-5(4-9)7(10)3-6/h1-3H. The van der Waals surface area contributed by atoms with Gasteiger partial charge in [-0.1, -0.05) is 0 Å². The van der Waals surface area contributed by atoms with Gasteiger partial charge in [0.15, 0.2) is 5.75 Å². The van der Waals surface area contributed by atoms with Crippen LogP contribution in [0.4, 0.5) is 4.39 Å². The Morgan fingerprint density at radius 1 is 1.50 bits per heavy atom. The molecule has 0 aliphatic carbocycles. The zero-order valence-electron chi connectivity index (χ0n) is 4.97. The maximum Gasteiger partial charge on any atom is 0.199 e. The predicted molar refractivity (Wildman–Crippen MR) is 31.2 cm³/mol. The van der Waals surface area contributed by atoms with Crippen molar-refractivity contribution in [3.05, 3.63) is 29.6 Å². The van der Waals surface area contributed by atoms with E-state index >= 15 is 0 Å². The van der Waals surface area contributed by atoms with Crippen LogP contribution < -0.4 is 0 Å². The predicted octanol–water partition coefficient (Wildman–Crippen LogP) is 1.84. The smallest absolute Gasteiger partial charge is 0.199 e. The van der Waals surface area contributed by atoms with Gasteiger partial charge < -0.3 is 0 Å². The molecular weight excluding hydrogens is 133 g/mol. The third-order valence-corrected chi connectivity index (χ3v) is 1.06. The van der Waals surface area contributed by atoms with Crippen LogP contribution >= 0.6 is 0 Å². The van der Waals surface area contributed by atoms with Crippen molar-refractivity contribution >= 4 is 0 Å². The molecule has 0 heterocycles. The maximum atomic E-state index is 12.2. The minimum atomic E-state index is -0.607. The molecule has 0 amide bonds. The highest BCUT2D eigenvalue weighted by Gasteiger charge is 2.01. The van der Waals surface area contributed by atoms with Gasteiger partial charge in [-0.2, -0.15) is 5.26 Å². The third-order valence-electron chi connectivity index (χ3n) is 1.06. The first-order valence-corrected chi connectivity index (χ1v) is 2.60. The number of halogens is 1. The molecule has 0 aliphatic rings. The van der Waals surface area contributed by atoms with Crippen LogP contribution in [0.5, 0.6) is 5.75 Å². The molecule has 1 aromatic carbocycles. The Morgan fingerprint density at radius 2 is 2.20 bits per heavy atom. The Hall–Kier alpha value is -1.56. The van der Waals surface area contributed by atoms with Crippen molar-refractivity contribution in [2.45, 2.75) is 0 Å². The van der Waals surface area contributed by atoms with Crippen molar-refractivity contribution in [1.29, 1.82) is 5.26 Å². The molecule has 1 rings (SSSR count). The van der Waals surface area contributed by atoms with E-state index in [1.165, 1.54) is 0 Å². The number of rotatable bonds is 0. The first-order valence-electron chi connectivity index (χ1n) is 2.60. The van der Waals surface area contributed by atoms with Gasteiger partial charge >= 0.3 is 0 Å². The van der Waals surface area contributed by atoms with E-state index < -0.39 is 11.6 Å². The summed E-state index contributed by atoms with van der Waals surface area (Å²) in [5, 5.41) is 18.8. The van der Waals surface area contributed by atoms with Crippen LogP contribution in [-0.4, -0.2) is 0 Å². The minimum Gasteiger partial charge on any atom is -0.288 e. The Kier molecular flexibility index (Phi) is 1.55. The summed E-state index contributed by atoms with van der Waals surface area (Å²) in [6.45, 7) is 0. The van der Waals surface area contributed by atoms with Gasteiger partial charge in [0, 0.05) is 6.07 Å². The number of hydrogen-bond acceptors (Lipinski definition) is 1. The average Bonchev–Trinajstić information content (AvgIpc) is 1.88. The second-order valence-electron chi connectivity index (χ2n) is 1.75. The lowest BCUT2D eigenvalue weighted by atomic mass is 10.2. The molecule has 0 bridgehead atoms. The first-order chi connectivity index (χ1) is 4.74. The molecule has 0 aromatic heterocycles. The van der Waals surface area contributed by atoms with E-state index in [4.69, 9.17) is 5.26 Å². The van der Waals surface area contributed by atoms with Gasteiger partial charge in [0.25, 0.3) is 0 Å². The number of benzene rings is 1. The quantitative estimate of drug-likeness (QED) is 0.536. The van der Waals surface area contributed by atoms with E-state index in [1.54, 1.807) is 6.07 Å². The van der Waals surface area contributed by atoms with E-state index in [2.05, 4.69) is 0 Å². The normalized spacial score (nSPS) is 8.80. The molecule has 0 N–H and O–H groups in total. The summed E-state index contributed by atoms with van der Waals surface area (Å²) in [5.74, 6) is -1.17. The van der Waals surface area contributed by atoms with Crippen molar-refractivity contribution < 1.29 is 9.50 Å². The Bertz CT molecular complexity index is 290. The highest BCUT2D eigenvalue weighted by atomic mass is 19.1. The van der Waals surface area contributed by atoms with Gasteiger partial charge in [-0.3, -0.25) is 5.11 Å². The molecule has 49 valence electrons. The van der Waals surface area contributed by atoms with E-state index in [0.717, 1.165) is 18.2 Å². The van der Waals surface area contributed by atoms with Crippen LogP contribution in [-0.2, 0) is 5.11 Å². The van der Waals surface area contributed by atoms with Crippen LogP contribution in [0.3, 0.4) is 0 Å². The molecular formula is C7H3FNO. The largest absolute Gasteiger partial charge is 0.288 e. The number of nitrogens with zero attached hydrogens (tertiary/aromatic N) is 1. The summed E-state index contributed by atoms with van der Waals surface area (Å²) >= 11 is 0. The molecule has 0 atom stereocenters. The van der Waals surface area contributed by atoms with Crippen molar-refractivity contribution in [3.8, 4) is 11.8 Å². The highest BCUT2D eigenvalue weighted by Crippen LogP contribution is 2.16. The fourth-order valence-electron chi connectivity index (χ4n) is 0.589.